The molecular weight excluding hydrogens is 510 g/mol. The fraction of sp³-hybridized carbons (Fsp3) is 0.333. The van der Waals surface area contributed by atoms with Crippen molar-refractivity contribution in [3.8, 4) is 0 Å². The first-order chi connectivity index (χ1) is 18.5. The number of rotatable bonds is 5. The lowest BCUT2D eigenvalue weighted by atomic mass is 9.84. The number of aromatic amines is 1. The van der Waals surface area contributed by atoms with Crippen LogP contribution in [-0.4, -0.2) is 58.4 Å². The van der Waals surface area contributed by atoms with Gasteiger partial charge >= 0.3 is 0 Å². The molecule has 3 aromatic heterocycles. The average Bonchev–Trinajstić information content (AvgIpc) is 3.49. The molecule has 196 valence electrons. The normalized spacial score (nSPS) is 20.1. The van der Waals surface area contributed by atoms with E-state index < -0.39 is 5.91 Å². The third-order valence-corrected chi connectivity index (χ3v) is 7.63. The molecule has 10 nitrogen and oxygen atoms in total. The zero-order chi connectivity index (χ0) is 26.2. The lowest BCUT2D eigenvalue weighted by molar-refractivity contribution is -0.146. The number of carbonyl (C=O) groups is 3. The van der Waals surface area contributed by atoms with Gasteiger partial charge in [-0.25, -0.2) is 0 Å². The summed E-state index contributed by atoms with van der Waals surface area (Å²) in [7, 11) is 0. The molecule has 1 aliphatic heterocycles. The Kier molecular flexibility index (Phi) is 6.50. The summed E-state index contributed by atoms with van der Waals surface area (Å²) < 4.78 is 11.1. The number of furan rings is 1. The SMILES string of the molecule is O=C(Nc1ccc2c(Cl)c[nH]c2c1)c1oc2cccnc2c1NC(=O)[C@H]1CC[C@H](N2CCOCC2=O)CC1. The number of nitrogens with zero attached hydrogens (tertiary/aromatic N) is 2. The molecule has 1 aromatic carbocycles. The third-order valence-electron chi connectivity index (χ3n) is 7.32. The summed E-state index contributed by atoms with van der Waals surface area (Å²) >= 11 is 6.16. The molecule has 6 rings (SSSR count). The van der Waals surface area contributed by atoms with Crippen LogP contribution in [-0.2, 0) is 14.3 Å². The van der Waals surface area contributed by atoms with E-state index in [9.17, 15) is 14.4 Å². The van der Waals surface area contributed by atoms with Crippen LogP contribution in [0.1, 0.15) is 36.2 Å². The standard InChI is InChI=1S/C27H26ClN5O5/c28-19-13-30-20-12-16(5-8-18(19)20)31-27(36)25-24(23-21(38-25)2-1-9-29-23)32-26(35)15-3-6-17(7-4-15)33-10-11-37-14-22(33)34/h1-2,5,8-9,12-13,15,17,30H,3-4,6-7,10-11,14H2,(H,31,36)(H,32,35)/t15-,17-. The Morgan fingerprint density at radius 2 is 1.97 bits per heavy atom. The largest absolute Gasteiger partial charge is 0.447 e. The summed E-state index contributed by atoms with van der Waals surface area (Å²) in [6.07, 6.45) is 6.04. The minimum Gasteiger partial charge on any atom is -0.447 e. The number of ether oxygens (including phenoxy) is 1. The highest BCUT2D eigenvalue weighted by molar-refractivity contribution is 6.35. The van der Waals surface area contributed by atoms with Crippen molar-refractivity contribution >= 4 is 62.7 Å². The molecule has 4 heterocycles. The van der Waals surface area contributed by atoms with Crippen LogP contribution < -0.4 is 10.6 Å². The molecule has 1 aliphatic carbocycles. The van der Waals surface area contributed by atoms with E-state index in [-0.39, 0.29) is 41.8 Å². The van der Waals surface area contributed by atoms with Gasteiger partial charge in [0.1, 0.15) is 17.8 Å². The zero-order valence-electron chi connectivity index (χ0n) is 20.5. The Bertz CT molecular complexity index is 1540. The number of carbonyl (C=O) groups excluding carboxylic acids is 3. The molecule has 4 aromatic rings. The predicted molar refractivity (Wildman–Crippen MR) is 142 cm³/mol. The Morgan fingerprint density at radius 3 is 2.79 bits per heavy atom. The van der Waals surface area contributed by atoms with Crippen LogP contribution in [0.25, 0.3) is 22.0 Å². The Morgan fingerprint density at radius 1 is 1.13 bits per heavy atom. The minimum atomic E-state index is -0.509. The molecule has 0 radical (unpaired) electrons. The molecular formula is C27H26ClN5O5. The van der Waals surface area contributed by atoms with Gasteiger partial charge in [0, 0.05) is 47.5 Å². The number of halogens is 1. The van der Waals surface area contributed by atoms with Crippen LogP contribution in [0.4, 0.5) is 11.4 Å². The minimum absolute atomic E-state index is 0.00857. The second-order valence-electron chi connectivity index (χ2n) is 9.64. The molecule has 3 amide bonds. The van der Waals surface area contributed by atoms with Gasteiger partial charge < -0.3 is 29.7 Å². The number of fused-ring (bicyclic) bond motifs is 2. The summed E-state index contributed by atoms with van der Waals surface area (Å²) in [6.45, 7) is 1.26. The number of H-pyrrole nitrogens is 1. The molecule has 38 heavy (non-hydrogen) atoms. The van der Waals surface area contributed by atoms with Crippen molar-refractivity contribution in [2.45, 2.75) is 31.7 Å². The van der Waals surface area contributed by atoms with E-state index in [4.69, 9.17) is 20.8 Å². The van der Waals surface area contributed by atoms with E-state index in [1.165, 1.54) is 0 Å². The molecule has 2 aliphatic rings. The van der Waals surface area contributed by atoms with E-state index in [2.05, 4.69) is 20.6 Å². The number of pyridine rings is 1. The lowest BCUT2D eigenvalue weighted by Gasteiger charge is -2.38. The van der Waals surface area contributed by atoms with Crippen molar-refractivity contribution in [3.63, 3.8) is 0 Å². The Balaban J connectivity index is 1.19. The molecule has 3 N–H and O–H groups in total. The van der Waals surface area contributed by atoms with Crippen LogP contribution in [0, 0.1) is 5.92 Å². The quantitative estimate of drug-likeness (QED) is 0.343. The highest BCUT2D eigenvalue weighted by atomic mass is 35.5. The van der Waals surface area contributed by atoms with Gasteiger partial charge in [-0.05, 0) is 56.0 Å². The van der Waals surface area contributed by atoms with Crippen LogP contribution in [0.15, 0.2) is 47.1 Å². The van der Waals surface area contributed by atoms with Crippen molar-refractivity contribution < 1.29 is 23.5 Å². The van der Waals surface area contributed by atoms with Gasteiger partial charge in [-0.3, -0.25) is 19.4 Å². The van der Waals surface area contributed by atoms with Crippen molar-refractivity contribution in [1.82, 2.24) is 14.9 Å². The van der Waals surface area contributed by atoms with Crippen LogP contribution in [0.5, 0.6) is 0 Å². The maximum atomic E-state index is 13.3. The van der Waals surface area contributed by atoms with E-state index in [0.29, 0.717) is 47.8 Å². The highest BCUT2D eigenvalue weighted by Crippen LogP contribution is 2.34. The Labute approximate surface area is 222 Å². The van der Waals surface area contributed by atoms with Gasteiger partial charge in [0.2, 0.25) is 17.6 Å². The first kappa shape index (κ1) is 24.4. The van der Waals surface area contributed by atoms with E-state index >= 15 is 0 Å². The van der Waals surface area contributed by atoms with E-state index in [1.807, 2.05) is 11.0 Å². The maximum Gasteiger partial charge on any atom is 0.293 e. The summed E-state index contributed by atoms with van der Waals surface area (Å²) in [4.78, 5) is 48.1. The van der Waals surface area contributed by atoms with Crippen molar-refractivity contribution in [1.29, 1.82) is 0 Å². The second-order valence-corrected chi connectivity index (χ2v) is 10.0. The van der Waals surface area contributed by atoms with Crippen LogP contribution in [0.3, 0.4) is 0 Å². The van der Waals surface area contributed by atoms with Gasteiger partial charge in [0.15, 0.2) is 5.58 Å². The fourth-order valence-corrected chi connectivity index (χ4v) is 5.57. The average molecular weight is 536 g/mol. The summed E-state index contributed by atoms with van der Waals surface area (Å²) in [5.74, 6) is -0.961. The number of hydrogen-bond acceptors (Lipinski definition) is 6. The van der Waals surface area contributed by atoms with Crippen molar-refractivity contribution in [3.05, 3.63) is 53.5 Å². The zero-order valence-corrected chi connectivity index (χ0v) is 21.2. The van der Waals surface area contributed by atoms with E-state index in [0.717, 1.165) is 23.7 Å². The number of hydrogen-bond donors (Lipinski definition) is 3. The van der Waals surface area contributed by atoms with Gasteiger partial charge in [0.05, 0.1) is 11.6 Å². The lowest BCUT2D eigenvalue weighted by Crippen LogP contribution is -2.49. The third kappa shape index (κ3) is 4.61. The second kappa shape index (κ2) is 10.1. The van der Waals surface area contributed by atoms with Crippen LogP contribution in [0.2, 0.25) is 5.02 Å². The molecule has 1 saturated heterocycles. The number of anilines is 2. The number of nitrogens with one attached hydrogen (secondary N) is 3. The topological polar surface area (TPSA) is 130 Å². The first-order valence-corrected chi connectivity index (χ1v) is 13.0. The smallest absolute Gasteiger partial charge is 0.293 e. The molecule has 1 saturated carbocycles. The first-order valence-electron chi connectivity index (χ1n) is 12.6. The van der Waals surface area contributed by atoms with E-state index in [1.54, 1.807) is 36.7 Å². The van der Waals surface area contributed by atoms with Crippen molar-refractivity contribution in [2.75, 3.05) is 30.4 Å². The fourth-order valence-electron chi connectivity index (χ4n) is 5.35. The van der Waals surface area contributed by atoms with Gasteiger partial charge in [-0.2, -0.15) is 0 Å². The molecule has 0 unspecified atom stereocenters. The summed E-state index contributed by atoms with van der Waals surface area (Å²) in [5, 5.41) is 7.20. The predicted octanol–water partition coefficient (Wildman–Crippen LogP) is 4.57. The summed E-state index contributed by atoms with van der Waals surface area (Å²) in [5.41, 5.74) is 2.38. The highest BCUT2D eigenvalue weighted by Gasteiger charge is 2.34. The van der Waals surface area contributed by atoms with Gasteiger partial charge in [-0.15, -0.1) is 0 Å². The number of morpholine rings is 1. The summed E-state index contributed by atoms with van der Waals surface area (Å²) in [6, 6.07) is 8.86. The molecule has 0 atom stereocenters. The molecule has 0 bridgehead atoms. The number of benzene rings is 1. The molecule has 2 fully saturated rings. The number of amides is 3. The molecule has 11 heteroatoms. The van der Waals surface area contributed by atoms with Crippen LogP contribution >= 0.6 is 11.6 Å². The monoisotopic (exact) mass is 535 g/mol. The molecule has 0 spiro atoms. The maximum absolute atomic E-state index is 13.3. The number of aromatic nitrogens is 2. The van der Waals surface area contributed by atoms with Gasteiger partial charge in [-0.1, -0.05) is 11.6 Å². The van der Waals surface area contributed by atoms with Gasteiger partial charge in [0.25, 0.3) is 5.91 Å². The van der Waals surface area contributed by atoms with Crippen molar-refractivity contribution in [2.24, 2.45) is 5.92 Å². The Hall–Kier alpha value is -3.89.